The van der Waals surface area contributed by atoms with E-state index in [0.717, 1.165) is 25.6 Å². The Morgan fingerprint density at radius 1 is 1.40 bits per heavy atom. The van der Waals surface area contributed by atoms with Crippen molar-refractivity contribution in [1.29, 1.82) is 0 Å². The molecule has 0 unspecified atom stereocenters. The van der Waals surface area contributed by atoms with Gasteiger partial charge in [-0.1, -0.05) is 6.92 Å². The van der Waals surface area contributed by atoms with E-state index in [1.54, 1.807) is 12.3 Å². The zero-order valence-corrected chi connectivity index (χ0v) is 14.0. The third kappa shape index (κ3) is 4.51. The summed E-state index contributed by atoms with van der Waals surface area (Å²) < 4.78 is 27.5. The van der Waals surface area contributed by atoms with Crippen LogP contribution in [0.4, 0.5) is 0 Å². The lowest BCUT2D eigenvalue weighted by molar-refractivity contribution is 0.195. The Morgan fingerprint density at radius 2 is 2.10 bits per heavy atom. The Kier molecular flexibility index (Phi) is 5.54. The summed E-state index contributed by atoms with van der Waals surface area (Å²) in [4.78, 5) is 6.38. The van der Waals surface area contributed by atoms with E-state index in [-0.39, 0.29) is 4.90 Å². The maximum atomic E-state index is 12.1. The van der Waals surface area contributed by atoms with Crippen LogP contribution in [0, 0.1) is 5.92 Å². The molecule has 0 saturated carbocycles. The van der Waals surface area contributed by atoms with Crippen LogP contribution < -0.4 is 4.72 Å². The number of halogens is 1. The van der Waals surface area contributed by atoms with Crippen molar-refractivity contribution in [2.75, 3.05) is 26.2 Å². The molecule has 1 aromatic heterocycles. The fourth-order valence-electron chi connectivity index (χ4n) is 2.25. The summed E-state index contributed by atoms with van der Waals surface area (Å²) in [7, 11) is -3.46. The molecule has 5 nitrogen and oxygen atoms in total. The molecule has 0 aliphatic carbocycles. The highest BCUT2D eigenvalue weighted by Gasteiger charge is 2.17. The van der Waals surface area contributed by atoms with Gasteiger partial charge in [-0.05, 0) is 53.8 Å². The van der Waals surface area contributed by atoms with Crippen LogP contribution in [0.2, 0.25) is 0 Å². The fourth-order valence-corrected chi connectivity index (χ4v) is 3.77. The van der Waals surface area contributed by atoms with Crippen LogP contribution in [0.5, 0.6) is 0 Å². The van der Waals surface area contributed by atoms with Crippen LogP contribution in [0.15, 0.2) is 27.8 Å². The molecule has 2 heterocycles. The number of nitrogens with zero attached hydrogens (tertiary/aromatic N) is 2. The monoisotopic (exact) mass is 361 g/mol. The second-order valence-corrected chi connectivity index (χ2v) is 7.94. The summed E-state index contributed by atoms with van der Waals surface area (Å²) in [6.45, 7) is 5.57. The van der Waals surface area contributed by atoms with E-state index in [1.807, 2.05) is 0 Å². The topological polar surface area (TPSA) is 62.3 Å². The van der Waals surface area contributed by atoms with Crippen molar-refractivity contribution in [3.8, 4) is 0 Å². The minimum Gasteiger partial charge on any atom is -0.302 e. The Morgan fingerprint density at radius 3 is 2.75 bits per heavy atom. The van der Waals surface area contributed by atoms with Crippen LogP contribution in [0.1, 0.15) is 19.8 Å². The third-order valence-corrected chi connectivity index (χ3v) is 5.45. The fraction of sp³-hybridized carbons (Fsp3) is 0.615. The molecule has 7 heteroatoms. The van der Waals surface area contributed by atoms with E-state index >= 15 is 0 Å². The predicted molar refractivity (Wildman–Crippen MR) is 82.0 cm³/mol. The number of rotatable bonds is 5. The first kappa shape index (κ1) is 15.9. The maximum absolute atomic E-state index is 12.1. The zero-order valence-electron chi connectivity index (χ0n) is 11.5. The lowest BCUT2D eigenvalue weighted by Gasteiger charge is -2.30. The summed E-state index contributed by atoms with van der Waals surface area (Å²) in [5.41, 5.74) is 0. The van der Waals surface area contributed by atoms with Gasteiger partial charge in [-0.2, -0.15) is 0 Å². The van der Waals surface area contributed by atoms with Crippen LogP contribution >= 0.6 is 15.9 Å². The normalized spacial score (nSPS) is 18.3. The Labute approximate surface area is 129 Å². The largest absolute Gasteiger partial charge is 0.302 e. The summed E-state index contributed by atoms with van der Waals surface area (Å²) >= 11 is 3.23. The molecule has 1 fully saturated rings. The first-order valence-corrected chi connectivity index (χ1v) is 9.07. The van der Waals surface area contributed by atoms with E-state index in [0.29, 0.717) is 11.0 Å². The molecule has 0 amide bonds. The minimum absolute atomic E-state index is 0.194. The molecule has 0 spiro atoms. The Hall–Kier alpha value is -0.500. The molecule has 1 aliphatic rings. The lowest BCUT2D eigenvalue weighted by Crippen LogP contribution is -2.39. The number of hydrogen-bond acceptors (Lipinski definition) is 4. The van der Waals surface area contributed by atoms with Crippen molar-refractivity contribution in [1.82, 2.24) is 14.6 Å². The van der Waals surface area contributed by atoms with Gasteiger partial charge in [-0.25, -0.2) is 13.1 Å². The van der Waals surface area contributed by atoms with Crippen molar-refractivity contribution in [3.63, 3.8) is 0 Å². The molecule has 0 radical (unpaired) electrons. The third-order valence-electron chi connectivity index (χ3n) is 3.59. The van der Waals surface area contributed by atoms with Gasteiger partial charge in [0, 0.05) is 30.0 Å². The molecule has 1 saturated heterocycles. The van der Waals surface area contributed by atoms with Crippen molar-refractivity contribution >= 4 is 26.0 Å². The number of pyridine rings is 1. The van der Waals surface area contributed by atoms with Crippen LogP contribution in [-0.2, 0) is 10.0 Å². The second-order valence-electron chi connectivity index (χ2n) is 5.26. The first-order chi connectivity index (χ1) is 9.47. The minimum atomic E-state index is -3.46. The van der Waals surface area contributed by atoms with Gasteiger partial charge in [0.2, 0.25) is 10.0 Å². The highest BCUT2D eigenvalue weighted by molar-refractivity contribution is 9.10. The van der Waals surface area contributed by atoms with Crippen LogP contribution in [0.25, 0.3) is 0 Å². The highest BCUT2D eigenvalue weighted by atomic mass is 79.9. The van der Waals surface area contributed by atoms with Gasteiger partial charge in [0.05, 0.1) is 0 Å². The number of aromatic nitrogens is 1. The van der Waals surface area contributed by atoms with Crippen molar-refractivity contribution in [2.45, 2.75) is 24.7 Å². The smallest absolute Gasteiger partial charge is 0.242 e. The van der Waals surface area contributed by atoms with Gasteiger partial charge in [-0.15, -0.1) is 0 Å². The van der Waals surface area contributed by atoms with Gasteiger partial charge >= 0.3 is 0 Å². The molecular weight excluding hydrogens is 342 g/mol. The number of nitrogens with one attached hydrogen (secondary N) is 1. The summed E-state index contributed by atoms with van der Waals surface area (Å²) in [6, 6.07) is 1.55. The van der Waals surface area contributed by atoms with Crippen LogP contribution in [-0.4, -0.2) is 44.5 Å². The van der Waals surface area contributed by atoms with E-state index < -0.39 is 10.0 Å². The first-order valence-electron chi connectivity index (χ1n) is 6.80. The lowest BCUT2D eigenvalue weighted by atomic mass is 9.99. The van der Waals surface area contributed by atoms with Crippen molar-refractivity contribution in [2.24, 2.45) is 5.92 Å². The average molecular weight is 362 g/mol. The molecule has 112 valence electrons. The van der Waals surface area contributed by atoms with Gasteiger partial charge in [0.1, 0.15) is 4.90 Å². The Balaban J connectivity index is 1.84. The number of hydrogen-bond donors (Lipinski definition) is 1. The van der Waals surface area contributed by atoms with Gasteiger partial charge in [0.15, 0.2) is 0 Å². The molecule has 1 aliphatic heterocycles. The van der Waals surface area contributed by atoms with Crippen molar-refractivity contribution in [3.05, 3.63) is 22.9 Å². The highest BCUT2D eigenvalue weighted by Crippen LogP contribution is 2.16. The molecule has 0 aromatic carbocycles. The molecular formula is C13H20BrN3O2S. The molecule has 0 bridgehead atoms. The summed E-state index contributed by atoms with van der Waals surface area (Å²) in [5, 5.41) is 0. The predicted octanol–water partition coefficient (Wildman–Crippen LogP) is 1.85. The van der Waals surface area contributed by atoms with Crippen LogP contribution in [0.3, 0.4) is 0 Å². The summed E-state index contributed by atoms with van der Waals surface area (Å²) in [6.07, 6.45) is 5.31. The second kappa shape index (κ2) is 6.98. The quantitative estimate of drug-likeness (QED) is 0.869. The molecule has 1 aromatic rings. The Bertz CT molecular complexity index is 542. The van der Waals surface area contributed by atoms with Gasteiger partial charge < -0.3 is 4.90 Å². The summed E-state index contributed by atoms with van der Waals surface area (Å²) in [5.74, 6) is 0.788. The average Bonchev–Trinajstić information content (AvgIpc) is 2.41. The van der Waals surface area contributed by atoms with Crippen molar-refractivity contribution < 1.29 is 8.42 Å². The SMILES string of the molecule is CC1CCN(CCNS(=O)(=O)c2cncc(Br)c2)CC1. The van der Waals surface area contributed by atoms with E-state index in [1.165, 1.54) is 19.0 Å². The molecule has 0 atom stereocenters. The molecule has 1 N–H and O–H groups in total. The standard InChI is InChI=1S/C13H20BrN3O2S/c1-11-2-5-17(6-3-11)7-4-16-20(18,19)13-8-12(14)9-15-10-13/h8-11,16H,2-7H2,1H3. The van der Waals surface area contributed by atoms with E-state index in [4.69, 9.17) is 0 Å². The molecule has 2 rings (SSSR count). The van der Waals surface area contributed by atoms with Gasteiger partial charge in [0.25, 0.3) is 0 Å². The number of piperidine rings is 1. The zero-order chi connectivity index (χ0) is 14.6. The maximum Gasteiger partial charge on any atom is 0.242 e. The molecule has 20 heavy (non-hydrogen) atoms. The number of sulfonamides is 1. The van der Waals surface area contributed by atoms with E-state index in [9.17, 15) is 8.42 Å². The number of likely N-dealkylation sites (tertiary alicyclic amines) is 1. The van der Waals surface area contributed by atoms with Gasteiger partial charge in [-0.3, -0.25) is 4.98 Å². The van der Waals surface area contributed by atoms with E-state index in [2.05, 4.69) is 37.5 Å².